The molecule has 0 fully saturated rings. The standard InChI is InChI=1S/C25H24N2O4/c1-28-21-12-17(13-22(29-2)24(21)30-3)23-19-10-7-11-27(19)25-18(15-26-23)14-20(31-25)16-8-5-4-6-9-16/h4-14,23,26H,15H2,1-3H3. The van der Waals surface area contributed by atoms with Crippen LogP contribution in [0.25, 0.3) is 17.2 Å². The molecule has 1 N–H and O–H groups in total. The maximum atomic E-state index is 6.32. The first-order valence-corrected chi connectivity index (χ1v) is 10.1. The lowest BCUT2D eigenvalue weighted by molar-refractivity contribution is 0.323. The average Bonchev–Trinajstić information content (AvgIpc) is 3.44. The van der Waals surface area contributed by atoms with Crippen LogP contribution in [-0.2, 0) is 6.54 Å². The fourth-order valence-corrected chi connectivity index (χ4v) is 4.18. The van der Waals surface area contributed by atoms with E-state index < -0.39 is 0 Å². The zero-order valence-electron chi connectivity index (χ0n) is 17.7. The summed E-state index contributed by atoms with van der Waals surface area (Å²) in [7, 11) is 4.87. The van der Waals surface area contributed by atoms with Crippen LogP contribution in [-0.4, -0.2) is 25.9 Å². The maximum Gasteiger partial charge on any atom is 0.209 e. The first-order chi connectivity index (χ1) is 15.2. The fraction of sp³-hybridized carbons (Fsp3) is 0.200. The molecule has 1 unspecified atom stereocenters. The van der Waals surface area contributed by atoms with E-state index in [4.69, 9.17) is 18.6 Å². The van der Waals surface area contributed by atoms with Crippen LogP contribution < -0.4 is 19.5 Å². The van der Waals surface area contributed by atoms with E-state index in [0.717, 1.165) is 34.0 Å². The van der Waals surface area contributed by atoms with Crippen LogP contribution in [0.3, 0.4) is 0 Å². The molecule has 0 spiro atoms. The number of ether oxygens (including phenoxy) is 3. The van der Waals surface area contributed by atoms with E-state index in [1.54, 1.807) is 21.3 Å². The molecule has 2 aromatic carbocycles. The molecule has 6 heteroatoms. The summed E-state index contributed by atoms with van der Waals surface area (Å²) in [5.41, 5.74) is 4.25. The summed E-state index contributed by atoms with van der Waals surface area (Å²) in [5, 5.41) is 3.67. The Hall–Kier alpha value is -3.64. The molecule has 5 rings (SSSR count). The fourth-order valence-electron chi connectivity index (χ4n) is 4.18. The van der Waals surface area contributed by atoms with E-state index in [-0.39, 0.29) is 6.04 Å². The molecule has 0 saturated heterocycles. The van der Waals surface area contributed by atoms with Crippen molar-refractivity contribution in [3.05, 3.63) is 83.7 Å². The highest BCUT2D eigenvalue weighted by atomic mass is 16.5. The molecule has 0 radical (unpaired) electrons. The zero-order chi connectivity index (χ0) is 21.4. The summed E-state index contributed by atoms with van der Waals surface area (Å²) in [6.45, 7) is 0.661. The number of rotatable bonds is 5. The third-order valence-corrected chi connectivity index (χ3v) is 5.66. The topological polar surface area (TPSA) is 57.8 Å². The lowest BCUT2D eigenvalue weighted by Crippen LogP contribution is -2.21. The Morgan fingerprint density at radius 3 is 2.32 bits per heavy atom. The van der Waals surface area contributed by atoms with Crippen molar-refractivity contribution in [2.75, 3.05) is 21.3 Å². The van der Waals surface area contributed by atoms with Gasteiger partial charge in [0.1, 0.15) is 5.76 Å². The van der Waals surface area contributed by atoms with Crippen LogP contribution in [0, 0.1) is 0 Å². The van der Waals surface area contributed by atoms with Gasteiger partial charge in [-0.05, 0) is 35.9 Å². The molecular weight excluding hydrogens is 392 g/mol. The van der Waals surface area contributed by atoms with E-state index in [1.165, 1.54) is 0 Å². The second-order valence-corrected chi connectivity index (χ2v) is 7.38. The van der Waals surface area contributed by atoms with Gasteiger partial charge in [0.25, 0.3) is 0 Å². The highest BCUT2D eigenvalue weighted by molar-refractivity contribution is 5.61. The number of nitrogens with one attached hydrogen (secondary N) is 1. The SMILES string of the molecule is COc1cc(C2NCc3cc(-c4ccccc4)oc3-n3cccc32)cc(OC)c1OC. The molecule has 4 aromatic rings. The number of nitrogens with zero attached hydrogens (tertiary/aromatic N) is 1. The van der Waals surface area contributed by atoms with Gasteiger partial charge in [-0.2, -0.15) is 0 Å². The smallest absolute Gasteiger partial charge is 0.209 e. The van der Waals surface area contributed by atoms with Gasteiger partial charge in [-0.25, -0.2) is 0 Å². The summed E-state index contributed by atoms with van der Waals surface area (Å²) in [6, 6.07) is 20.3. The minimum atomic E-state index is -0.0773. The Bertz CT molecular complexity index is 1180. The number of hydrogen-bond donors (Lipinski definition) is 1. The summed E-state index contributed by atoms with van der Waals surface area (Å²) in [6.07, 6.45) is 2.03. The maximum absolute atomic E-state index is 6.32. The first kappa shape index (κ1) is 19.3. The van der Waals surface area contributed by atoms with Crippen molar-refractivity contribution in [3.63, 3.8) is 0 Å². The van der Waals surface area contributed by atoms with Crippen molar-refractivity contribution < 1.29 is 18.6 Å². The van der Waals surface area contributed by atoms with Crippen LogP contribution in [0.4, 0.5) is 0 Å². The lowest BCUT2D eigenvalue weighted by Gasteiger charge is -2.21. The Morgan fingerprint density at radius 1 is 0.903 bits per heavy atom. The molecule has 1 aliphatic heterocycles. The molecule has 158 valence electrons. The Kier molecular flexibility index (Phi) is 4.92. The van der Waals surface area contributed by atoms with Crippen molar-refractivity contribution in [1.82, 2.24) is 9.88 Å². The zero-order valence-corrected chi connectivity index (χ0v) is 17.7. The van der Waals surface area contributed by atoms with Crippen molar-refractivity contribution in [2.24, 2.45) is 0 Å². The van der Waals surface area contributed by atoms with Gasteiger partial charge >= 0.3 is 0 Å². The van der Waals surface area contributed by atoms with E-state index >= 15 is 0 Å². The van der Waals surface area contributed by atoms with Crippen LogP contribution in [0.5, 0.6) is 17.2 Å². The van der Waals surface area contributed by atoms with Crippen molar-refractivity contribution in [3.8, 4) is 34.5 Å². The molecule has 0 saturated carbocycles. The van der Waals surface area contributed by atoms with Gasteiger partial charge in [0.2, 0.25) is 11.6 Å². The van der Waals surface area contributed by atoms with Gasteiger partial charge in [0.05, 0.1) is 27.4 Å². The second kappa shape index (κ2) is 7.89. The monoisotopic (exact) mass is 416 g/mol. The van der Waals surface area contributed by atoms with Crippen LogP contribution >= 0.6 is 0 Å². The largest absolute Gasteiger partial charge is 0.493 e. The molecule has 6 nitrogen and oxygen atoms in total. The van der Waals surface area contributed by atoms with E-state index in [1.807, 2.05) is 42.6 Å². The molecule has 31 heavy (non-hydrogen) atoms. The summed E-state index contributed by atoms with van der Waals surface area (Å²) in [4.78, 5) is 0. The quantitative estimate of drug-likeness (QED) is 0.499. The predicted octanol–water partition coefficient (Wildman–Crippen LogP) is 4.96. The normalized spacial score (nSPS) is 15.0. The molecule has 0 bridgehead atoms. The Balaban J connectivity index is 1.59. The molecule has 1 aliphatic rings. The van der Waals surface area contributed by atoms with Crippen molar-refractivity contribution in [2.45, 2.75) is 12.6 Å². The van der Waals surface area contributed by atoms with Crippen LogP contribution in [0.15, 0.2) is 71.3 Å². The third-order valence-electron chi connectivity index (χ3n) is 5.66. The van der Waals surface area contributed by atoms with Gasteiger partial charge in [0, 0.05) is 29.6 Å². The van der Waals surface area contributed by atoms with Crippen LogP contribution in [0.2, 0.25) is 0 Å². The number of furan rings is 1. The first-order valence-electron chi connectivity index (χ1n) is 10.1. The predicted molar refractivity (Wildman–Crippen MR) is 118 cm³/mol. The number of hydrogen-bond acceptors (Lipinski definition) is 5. The van der Waals surface area contributed by atoms with E-state index in [9.17, 15) is 0 Å². The molecule has 1 atom stereocenters. The van der Waals surface area contributed by atoms with Crippen LogP contribution in [0.1, 0.15) is 22.9 Å². The number of fused-ring (bicyclic) bond motifs is 3. The summed E-state index contributed by atoms with van der Waals surface area (Å²) in [5.74, 6) is 3.53. The van der Waals surface area contributed by atoms with Gasteiger partial charge < -0.3 is 23.9 Å². The average molecular weight is 416 g/mol. The highest BCUT2D eigenvalue weighted by Gasteiger charge is 2.28. The lowest BCUT2D eigenvalue weighted by atomic mass is 10.0. The van der Waals surface area contributed by atoms with Gasteiger partial charge in [-0.3, -0.25) is 4.57 Å². The van der Waals surface area contributed by atoms with Crippen molar-refractivity contribution >= 4 is 0 Å². The third kappa shape index (κ3) is 3.25. The highest BCUT2D eigenvalue weighted by Crippen LogP contribution is 2.42. The minimum absolute atomic E-state index is 0.0773. The minimum Gasteiger partial charge on any atom is -0.493 e. The number of methoxy groups -OCH3 is 3. The van der Waals surface area contributed by atoms with E-state index in [0.29, 0.717) is 23.8 Å². The molecule has 3 heterocycles. The van der Waals surface area contributed by atoms with Gasteiger partial charge in [-0.1, -0.05) is 30.3 Å². The van der Waals surface area contributed by atoms with E-state index in [2.05, 4.69) is 34.1 Å². The summed E-state index contributed by atoms with van der Waals surface area (Å²) >= 11 is 0. The number of aromatic nitrogens is 1. The molecular formula is C25H24N2O4. The Morgan fingerprint density at radius 2 is 1.65 bits per heavy atom. The number of benzene rings is 2. The van der Waals surface area contributed by atoms with Gasteiger partial charge in [0.15, 0.2) is 11.5 Å². The van der Waals surface area contributed by atoms with Gasteiger partial charge in [-0.15, -0.1) is 0 Å². The second-order valence-electron chi connectivity index (χ2n) is 7.38. The molecule has 2 aromatic heterocycles. The molecule has 0 amide bonds. The summed E-state index contributed by atoms with van der Waals surface area (Å²) < 4.78 is 25.0. The molecule has 0 aliphatic carbocycles. The van der Waals surface area contributed by atoms with Crippen molar-refractivity contribution in [1.29, 1.82) is 0 Å². The Labute approximate surface area is 181 Å².